The van der Waals surface area contributed by atoms with Crippen molar-refractivity contribution in [2.45, 2.75) is 13.3 Å². The van der Waals surface area contributed by atoms with Gasteiger partial charge in [-0.25, -0.2) is 0 Å². The summed E-state index contributed by atoms with van der Waals surface area (Å²) in [5.41, 5.74) is 5.36. The Morgan fingerprint density at radius 3 is 2.53 bits per heavy atom. The van der Waals surface area contributed by atoms with E-state index in [2.05, 4.69) is 31.2 Å². The summed E-state index contributed by atoms with van der Waals surface area (Å²) in [5.74, 6) is 2.24. The monoisotopic (exact) mass is 228 g/mol. The molecule has 0 N–H and O–H groups in total. The van der Waals surface area contributed by atoms with Gasteiger partial charge >= 0.3 is 0 Å². The number of allylic oxidation sites excluding steroid dienone is 3. The number of benzene rings is 1. The summed E-state index contributed by atoms with van der Waals surface area (Å²) in [7, 11) is 3.36. The SMILES string of the molecule is COc1cc2c(cc1OC)C1=CCC(C)C1=C2. The zero-order valence-corrected chi connectivity index (χ0v) is 10.4. The first-order valence-corrected chi connectivity index (χ1v) is 5.93. The molecule has 2 aliphatic rings. The molecule has 0 bridgehead atoms. The van der Waals surface area contributed by atoms with Crippen molar-refractivity contribution < 1.29 is 9.47 Å². The summed E-state index contributed by atoms with van der Waals surface area (Å²) in [5, 5.41) is 0. The van der Waals surface area contributed by atoms with E-state index in [0.29, 0.717) is 5.92 Å². The van der Waals surface area contributed by atoms with Crippen LogP contribution in [-0.2, 0) is 0 Å². The molecule has 0 radical (unpaired) electrons. The molecule has 2 heteroatoms. The lowest BCUT2D eigenvalue weighted by atomic mass is 10.0. The molecule has 0 aromatic heterocycles. The predicted octanol–water partition coefficient (Wildman–Crippen LogP) is 3.52. The molecule has 88 valence electrons. The largest absolute Gasteiger partial charge is 0.493 e. The van der Waals surface area contributed by atoms with E-state index in [1.807, 2.05) is 0 Å². The first-order valence-electron chi connectivity index (χ1n) is 5.93. The Hall–Kier alpha value is -1.70. The van der Waals surface area contributed by atoms with Gasteiger partial charge in [0.05, 0.1) is 14.2 Å². The van der Waals surface area contributed by atoms with Crippen LogP contribution >= 0.6 is 0 Å². The highest BCUT2D eigenvalue weighted by Gasteiger charge is 2.28. The second kappa shape index (κ2) is 3.66. The number of hydrogen-bond acceptors (Lipinski definition) is 2. The van der Waals surface area contributed by atoms with Crippen molar-refractivity contribution in [3.8, 4) is 11.5 Å². The van der Waals surface area contributed by atoms with Crippen LogP contribution in [0, 0.1) is 5.92 Å². The van der Waals surface area contributed by atoms with Gasteiger partial charge in [0.2, 0.25) is 0 Å². The van der Waals surface area contributed by atoms with Gasteiger partial charge in [-0.3, -0.25) is 0 Å². The van der Waals surface area contributed by atoms with Crippen LogP contribution in [0.2, 0.25) is 0 Å². The van der Waals surface area contributed by atoms with Crippen LogP contribution in [0.3, 0.4) is 0 Å². The standard InChI is InChI=1S/C15H16O2/c1-9-4-5-11-12(9)6-10-7-14(16-2)15(17-3)8-13(10)11/h5-9H,4H2,1-3H3. The van der Waals surface area contributed by atoms with E-state index >= 15 is 0 Å². The quantitative estimate of drug-likeness (QED) is 0.771. The lowest BCUT2D eigenvalue weighted by Crippen LogP contribution is -1.93. The second-order valence-corrected chi connectivity index (χ2v) is 4.65. The summed E-state index contributed by atoms with van der Waals surface area (Å²) in [6.07, 6.45) is 5.75. The van der Waals surface area contributed by atoms with Gasteiger partial charge in [-0.05, 0) is 46.7 Å². The van der Waals surface area contributed by atoms with Crippen molar-refractivity contribution >= 4 is 11.6 Å². The van der Waals surface area contributed by atoms with E-state index in [1.165, 1.54) is 22.3 Å². The molecule has 1 aromatic carbocycles. The van der Waals surface area contributed by atoms with E-state index < -0.39 is 0 Å². The molecule has 0 saturated carbocycles. The minimum Gasteiger partial charge on any atom is -0.493 e. The molecule has 0 aliphatic heterocycles. The van der Waals surface area contributed by atoms with Crippen LogP contribution in [0.4, 0.5) is 0 Å². The van der Waals surface area contributed by atoms with Crippen molar-refractivity contribution in [3.05, 3.63) is 34.9 Å². The minimum atomic E-state index is 0.634. The highest BCUT2D eigenvalue weighted by Crippen LogP contribution is 2.47. The average molecular weight is 228 g/mol. The van der Waals surface area contributed by atoms with Gasteiger partial charge in [0.25, 0.3) is 0 Å². The maximum atomic E-state index is 5.36. The Morgan fingerprint density at radius 1 is 1.12 bits per heavy atom. The number of methoxy groups -OCH3 is 2. The molecule has 17 heavy (non-hydrogen) atoms. The first kappa shape index (κ1) is 10.5. The van der Waals surface area contributed by atoms with Gasteiger partial charge in [-0.15, -0.1) is 0 Å². The second-order valence-electron chi connectivity index (χ2n) is 4.65. The van der Waals surface area contributed by atoms with Crippen LogP contribution in [0.1, 0.15) is 24.5 Å². The fourth-order valence-corrected chi connectivity index (χ4v) is 2.71. The van der Waals surface area contributed by atoms with E-state index in [9.17, 15) is 0 Å². The molecule has 1 atom stereocenters. The number of fused-ring (bicyclic) bond motifs is 3. The molecule has 0 spiro atoms. The zero-order valence-electron chi connectivity index (χ0n) is 10.4. The number of ether oxygens (including phenoxy) is 2. The third kappa shape index (κ3) is 1.40. The Kier molecular flexibility index (Phi) is 2.25. The van der Waals surface area contributed by atoms with Gasteiger partial charge in [0.1, 0.15) is 0 Å². The molecule has 2 aliphatic carbocycles. The van der Waals surface area contributed by atoms with Crippen molar-refractivity contribution in [2.24, 2.45) is 5.92 Å². The van der Waals surface area contributed by atoms with E-state index in [0.717, 1.165) is 17.9 Å². The average Bonchev–Trinajstić information content (AvgIpc) is 2.87. The molecule has 0 amide bonds. The van der Waals surface area contributed by atoms with Gasteiger partial charge < -0.3 is 9.47 Å². The summed E-state index contributed by atoms with van der Waals surface area (Å²) >= 11 is 0. The molecule has 1 aromatic rings. The van der Waals surface area contributed by atoms with E-state index in [4.69, 9.17) is 9.47 Å². The normalized spacial score (nSPS) is 20.5. The molecular formula is C15H16O2. The van der Waals surface area contributed by atoms with Gasteiger partial charge in [-0.2, -0.15) is 0 Å². The summed E-state index contributed by atoms with van der Waals surface area (Å²) in [4.78, 5) is 0. The summed E-state index contributed by atoms with van der Waals surface area (Å²) in [6.45, 7) is 2.27. The highest BCUT2D eigenvalue weighted by molar-refractivity contribution is 5.97. The zero-order chi connectivity index (χ0) is 12.0. The molecule has 1 unspecified atom stereocenters. The predicted molar refractivity (Wildman–Crippen MR) is 69.3 cm³/mol. The van der Waals surface area contributed by atoms with Crippen molar-refractivity contribution in [1.29, 1.82) is 0 Å². The molecule has 2 nitrogen and oxygen atoms in total. The van der Waals surface area contributed by atoms with Crippen molar-refractivity contribution in [2.75, 3.05) is 14.2 Å². The van der Waals surface area contributed by atoms with Crippen LogP contribution < -0.4 is 9.47 Å². The smallest absolute Gasteiger partial charge is 0.161 e. The highest BCUT2D eigenvalue weighted by atomic mass is 16.5. The van der Waals surface area contributed by atoms with Crippen molar-refractivity contribution in [1.82, 2.24) is 0 Å². The van der Waals surface area contributed by atoms with Gasteiger partial charge in [0, 0.05) is 0 Å². The third-order valence-corrected chi connectivity index (χ3v) is 3.67. The molecular weight excluding hydrogens is 212 g/mol. The van der Waals surface area contributed by atoms with Crippen LogP contribution in [0.15, 0.2) is 23.8 Å². The van der Waals surface area contributed by atoms with E-state index in [-0.39, 0.29) is 0 Å². The lowest BCUT2D eigenvalue weighted by molar-refractivity contribution is 0.355. The Bertz CT molecular complexity index is 538. The van der Waals surface area contributed by atoms with Crippen LogP contribution in [0.25, 0.3) is 11.6 Å². The maximum Gasteiger partial charge on any atom is 0.161 e. The van der Waals surface area contributed by atoms with Crippen LogP contribution in [0.5, 0.6) is 11.5 Å². The minimum absolute atomic E-state index is 0.634. The molecule has 0 heterocycles. The molecule has 3 rings (SSSR count). The summed E-state index contributed by atoms with van der Waals surface area (Å²) in [6, 6.07) is 4.15. The third-order valence-electron chi connectivity index (χ3n) is 3.67. The maximum absolute atomic E-state index is 5.36. The fraction of sp³-hybridized carbons (Fsp3) is 0.333. The van der Waals surface area contributed by atoms with Gasteiger partial charge in [0.15, 0.2) is 11.5 Å². The molecule has 0 saturated heterocycles. The molecule has 0 fully saturated rings. The fourth-order valence-electron chi connectivity index (χ4n) is 2.71. The lowest BCUT2D eigenvalue weighted by Gasteiger charge is -2.10. The first-order chi connectivity index (χ1) is 8.24. The Labute approximate surface area is 102 Å². The number of rotatable bonds is 2. The van der Waals surface area contributed by atoms with Gasteiger partial charge in [-0.1, -0.05) is 19.1 Å². The van der Waals surface area contributed by atoms with E-state index in [1.54, 1.807) is 14.2 Å². The topological polar surface area (TPSA) is 18.5 Å². The summed E-state index contributed by atoms with van der Waals surface area (Å²) < 4.78 is 10.7. The Balaban J connectivity index is 2.16. The van der Waals surface area contributed by atoms with Crippen LogP contribution in [-0.4, -0.2) is 14.2 Å². The Morgan fingerprint density at radius 2 is 1.82 bits per heavy atom. The number of hydrogen-bond donors (Lipinski definition) is 0. The van der Waals surface area contributed by atoms with Crippen molar-refractivity contribution in [3.63, 3.8) is 0 Å².